The number of carboxylic acid groups (broad SMARTS) is 1. The molecule has 1 aromatic carbocycles. The number of nitrogens with zero attached hydrogens (tertiary/aromatic N) is 1. The van der Waals surface area contributed by atoms with E-state index in [0.717, 1.165) is 10.9 Å². The van der Waals surface area contributed by atoms with Gasteiger partial charge in [0.1, 0.15) is 5.58 Å². The molecule has 0 aliphatic rings. The Hall–Kier alpha value is -2.01. The highest BCUT2D eigenvalue weighted by Gasteiger charge is 2.21. The van der Waals surface area contributed by atoms with Gasteiger partial charge in [0, 0.05) is 36.0 Å². The first-order valence-corrected chi connectivity index (χ1v) is 6.94. The van der Waals surface area contributed by atoms with Crippen molar-refractivity contribution in [2.24, 2.45) is 0 Å². The molecule has 0 unspecified atom stereocenters. The van der Waals surface area contributed by atoms with Crippen LogP contribution in [0.5, 0.6) is 0 Å². The Morgan fingerprint density at radius 1 is 1.38 bits per heavy atom. The summed E-state index contributed by atoms with van der Waals surface area (Å²) in [7, 11) is 1.63. The number of halogens is 1. The quantitative estimate of drug-likeness (QED) is 0.919. The molecule has 112 valence electrons. The predicted molar refractivity (Wildman–Crippen MR) is 79.8 cm³/mol. The van der Waals surface area contributed by atoms with Gasteiger partial charge in [0.2, 0.25) is 0 Å². The van der Waals surface area contributed by atoms with E-state index >= 15 is 0 Å². The monoisotopic (exact) mass is 309 g/mol. The van der Waals surface area contributed by atoms with Crippen molar-refractivity contribution in [3.63, 3.8) is 0 Å². The largest absolute Gasteiger partial charge is 0.481 e. The molecule has 0 atom stereocenters. The van der Waals surface area contributed by atoms with E-state index in [9.17, 15) is 9.59 Å². The zero-order valence-corrected chi connectivity index (χ0v) is 12.6. The first-order valence-electron chi connectivity index (χ1n) is 6.56. The third-order valence-electron chi connectivity index (χ3n) is 3.32. The van der Waals surface area contributed by atoms with Crippen LogP contribution in [-0.2, 0) is 4.79 Å². The lowest BCUT2D eigenvalue weighted by atomic mass is 10.1. The maximum Gasteiger partial charge on any atom is 0.303 e. The van der Waals surface area contributed by atoms with E-state index in [1.54, 1.807) is 32.2 Å². The number of aliphatic carboxylic acids is 1. The first-order chi connectivity index (χ1) is 9.90. The Morgan fingerprint density at radius 3 is 2.76 bits per heavy atom. The first kappa shape index (κ1) is 15.4. The molecule has 5 nitrogen and oxygen atoms in total. The van der Waals surface area contributed by atoms with Gasteiger partial charge < -0.3 is 14.4 Å². The normalized spacial score (nSPS) is 10.8. The summed E-state index contributed by atoms with van der Waals surface area (Å²) in [5, 5.41) is 10.0. The second-order valence-electron chi connectivity index (χ2n) is 4.92. The highest BCUT2D eigenvalue weighted by atomic mass is 35.5. The highest BCUT2D eigenvalue weighted by Crippen LogP contribution is 2.28. The van der Waals surface area contributed by atoms with Crippen molar-refractivity contribution in [2.45, 2.75) is 19.8 Å². The molecule has 0 fully saturated rings. The van der Waals surface area contributed by atoms with E-state index in [2.05, 4.69) is 0 Å². The summed E-state index contributed by atoms with van der Waals surface area (Å²) in [6.07, 6.45) is 0.440. The van der Waals surface area contributed by atoms with E-state index in [1.165, 1.54) is 4.90 Å². The Balaban J connectivity index is 2.19. The van der Waals surface area contributed by atoms with Crippen LogP contribution in [0.15, 0.2) is 22.6 Å². The van der Waals surface area contributed by atoms with Gasteiger partial charge in [0.25, 0.3) is 5.91 Å². The molecule has 2 rings (SSSR count). The summed E-state index contributed by atoms with van der Waals surface area (Å²) < 4.78 is 5.60. The van der Waals surface area contributed by atoms with Gasteiger partial charge in [0.05, 0.1) is 0 Å². The molecule has 0 bridgehead atoms. The third kappa shape index (κ3) is 3.36. The molecule has 0 saturated heterocycles. The van der Waals surface area contributed by atoms with Crippen molar-refractivity contribution < 1.29 is 19.1 Å². The Morgan fingerprint density at radius 2 is 2.10 bits per heavy atom. The number of carbonyl (C=O) groups excluding carboxylic acids is 1. The Bertz CT molecular complexity index is 692. The number of hydrogen-bond donors (Lipinski definition) is 1. The van der Waals surface area contributed by atoms with Crippen molar-refractivity contribution in [1.82, 2.24) is 4.90 Å². The molecule has 0 aliphatic heterocycles. The molecule has 1 N–H and O–H groups in total. The van der Waals surface area contributed by atoms with Gasteiger partial charge in [0.15, 0.2) is 5.76 Å². The van der Waals surface area contributed by atoms with Crippen LogP contribution in [0, 0.1) is 6.92 Å². The summed E-state index contributed by atoms with van der Waals surface area (Å²) in [4.78, 5) is 24.3. The fraction of sp³-hybridized carbons (Fsp3) is 0.333. The van der Waals surface area contributed by atoms with Gasteiger partial charge in [-0.3, -0.25) is 9.59 Å². The lowest BCUT2D eigenvalue weighted by Crippen LogP contribution is -2.28. The molecule has 1 amide bonds. The van der Waals surface area contributed by atoms with E-state index < -0.39 is 5.97 Å². The molecule has 1 heterocycles. The molecule has 21 heavy (non-hydrogen) atoms. The second kappa shape index (κ2) is 6.18. The molecule has 1 aromatic heterocycles. The van der Waals surface area contributed by atoms with Gasteiger partial charge in [-0.25, -0.2) is 0 Å². The molecule has 0 radical (unpaired) electrons. The van der Waals surface area contributed by atoms with Crippen molar-refractivity contribution in [3.8, 4) is 0 Å². The molecule has 0 spiro atoms. The summed E-state index contributed by atoms with van der Waals surface area (Å²) in [6.45, 7) is 2.17. The van der Waals surface area contributed by atoms with E-state index in [-0.39, 0.29) is 18.1 Å². The zero-order valence-electron chi connectivity index (χ0n) is 11.9. The van der Waals surface area contributed by atoms with E-state index in [4.69, 9.17) is 21.1 Å². The van der Waals surface area contributed by atoms with Crippen LogP contribution in [0.2, 0.25) is 5.02 Å². The molecule has 0 saturated carbocycles. The molecule has 6 heteroatoms. The van der Waals surface area contributed by atoms with Crippen molar-refractivity contribution >= 4 is 34.4 Å². The zero-order chi connectivity index (χ0) is 15.6. The maximum atomic E-state index is 12.3. The van der Waals surface area contributed by atoms with Crippen LogP contribution in [-0.4, -0.2) is 35.5 Å². The van der Waals surface area contributed by atoms with Crippen molar-refractivity contribution in [2.75, 3.05) is 13.6 Å². The van der Waals surface area contributed by atoms with Crippen LogP contribution in [0.1, 0.15) is 29.0 Å². The number of carbonyl (C=O) groups is 2. The number of rotatable bonds is 5. The summed E-state index contributed by atoms with van der Waals surface area (Å²) in [5.41, 5.74) is 1.35. The van der Waals surface area contributed by atoms with Crippen LogP contribution in [0.4, 0.5) is 0 Å². The van der Waals surface area contributed by atoms with Crippen molar-refractivity contribution in [3.05, 3.63) is 34.5 Å². The van der Waals surface area contributed by atoms with Crippen LogP contribution in [0.25, 0.3) is 11.0 Å². The summed E-state index contributed by atoms with van der Waals surface area (Å²) in [6, 6.07) is 5.19. The molecule has 2 aromatic rings. The number of carboxylic acids is 1. The van der Waals surface area contributed by atoms with Crippen LogP contribution in [0.3, 0.4) is 0 Å². The minimum absolute atomic E-state index is 0.0341. The minimum atomic E-state index is -0.870. The standard InChI is InChI=1S/C15H16ClNO4/c1-9-11-8-10(16)5-6-12(11)21-14(9)15(20)17(2)7-3-4-13(18)19/h5-6,8H,3-4,7H2,1-2H3,(H,18,19). The summed E-state index contributed by atoms with van der Waals surface area (Å²) in [5.74, 6) is -0.860. The van der Waals surface area contributed by atoms with Gasteiger partial charge >= 0.3 is 5.97 Å². The lowest BCUT2D eigenvalue weighted by Gasteiger charge is -2.15. The average molecular weight is 310 g/mol. The second-order valence-corrected chi connectivity index (χ2v) is 5.36. The number of aryl methyl sites for hydroxylation is 1. The van der Waals surface area contributed by atoms with Gasteiger partial charge in [-0.15, -0.1) is 0 Å². The van der Waals surface area contributed by atoms with Gasteiger partial charge in [-0.2, -0.15) is 0 Å². The fourth-order valence-corrected chi connectivity index (χ4v) is 2.31. The molecular weight excluding hydrogens is 294 g/mol. The molecule has 0 aliphatic carbocycles. The predicted octanol–water partition coefficient (Wildman–Crippen LogP) is 3.33. The van der Waals surface area contributed by atoms with Gasteiger partial charge in [-0.1, -0.05) is 11.6 Å². The number of hydrogen-bond acceptors (Lipinski definition) is 3. The Kier molecular flexibility index (Phi) is 4.53. The maximum absolute atomic E-state index is 12.3. The topological polar surface area (TPSA) is 70.8 Å². The smallest absolute Gasteiger partial charge is 0.303 e. The van der Waals surface area contributed by atoms with Crippen LogP contribution < -0.4 is 0 Å². The third-order valence-corrected chi connectivity index (χ3v) is 3.56. The van der Waals surface area contributed by atoms with E-state index in [1.807, 2.05) is 0 Å². The van der Waals surface area contributed by atoms with Crippen LogP contribution >= 0.6 is 11.6 Å². The average Bonchev–Trinajstić information content (AvgIpc) is 2.74. The van der Waals surface area contributed by atoms with Crippen molar-refractivity contribution in [1.29, 1.82) is 0 Å². The number of furan rings is 1. The van der Waals surface area contributed by atoms with E-state index in [0.29, 0.717) is 23.6 Å². The lowest BCUT2D eigenvalue weighted by molar-refractivity contribution is -0.137. The highest BCUT2D eigenvalue weighted by molar-refractivity contribution is 6.31. The number of amides is 1. The molecular formula is C15H16ClNO4. The van der Waals surface area contributed by atoms with Gasteiger partial charge in [-0.05, 0) is 31.5 Å². The Labute approximate surface area is 127 Å². The minimum Gasteiger partial charge on any atom is -0.481 e. The fourth-order valence-electron chi connectivity index (χ4n) is 2.14. The number of benzene rings is 1. The SMILES string of the molecule is Cc1c(C(=O)N(C)CCCC(=O)O)oc2ccc(Cl)cc12. The summed E-state index contributed by atoms with van der Waals surface area (Å²) >= 11 is 5.95. The number of fused-ring (bicyclic) bond motifs is 1.